The van der Waals surface area contributed by atoms with Crippen LogP contribution in [0.25, 0.3) is 0 Å². The van der Waals surface area contributed by atoms with Gasteiger partial charge < -0.3 is 9.84 Å². The van der Waals surface area contributed by atoms with Crippen LogP contribution in [0.4, 0.5) is 17.6 Å². The fraction of sp³-hybridized carbons (Fsp3) is 0.444. The molecule has 2 unspecified atom stereocenters. The number of alkyl halides is 1. The molecule has 1 rings (SSSR count). The lowest BCUT2D eigenvalue weighted by Gasteiger charge is -2.31. The highest BCUT2D eigenvalue weighted by Gasteiger charge is 2.50. The van der Waals surface area contributed by atoms with Crippen molar-refractivity contribution in [3.8, 4) is 0 Å². The number of aliphatic hydroxyl groups is 1. The Kier molecular flexibility index (Phi) is 3.69. The van der Waals surface area contributed by atoms with Gasteiger partial charge in [-0.1, -0.05) is 0 Å². The lowest BCUT2D eigenvalue weighted by atomic mass is 9.84. The summed E-state index contributed by atoms with van der Waals surface area (Å²) in [7, 11) is 0. The van der Waals surface area contributed by atoms with Crippen LogP contribution < -0.4 is 0 Å². The molecule has 0 fully saturated rings. The molecule has 1 N–H and O–H groups in total. The van der Waals surface area contributed by atoms with Gasteiger partial charge in [0.15, 0.2) is 5.83 Å². The van der Waals surface area contributed by atoms with Gasteiger partial charge in [-0.05, 0) is 0 Å². The Morgan fingerprint density at radius 2 is 2.12 bits per heavy atom. The van der Waals surface area contributed by atoms with E-state index in [4.69, 9.17) is 5.11 Å². The van der Waals surface area contributed by atoms with E-state index >= 15 is 0 Å². The molecule has 7 heteroatoms. The summed E-state index contributed by atoms with van der Waals surface area (Å²) in [5.74, 6) is -6.89. The highest BCUT2D eigenvalue weighted by Crippen LogP contribution is 2.42. The van der Waals surface area contributed by atoms with Gasteiger partial charge in [0.05, 0.1) is 12.5 Å². The Balaban J connectivity index is 3.09. The van der Waals surface area contributed by atoms with Gasteiger partial charge in [0.1, 0.15) is 18.3 Å². The summed E-state index contributed by atoms with van der Waals surface area (Å²) in [6.45, 7) is -2.44. The third kappa shape index (κ3) is 1.95. The molecule has 0 bridgehead atoms. The van der Waals surface area contributed by atoms with Gasteiger partial charge in [0.2, 0.25) is 5.67 Å². The molecule has 90 valence electrons. The maximum atomic E-state index is 13.9. The second-order valence-electron chi connectivity index (χ2n) is 3.19. The largest absolute Gasteiger partial charge is 0.464 e. The van der Waals surface area contributed by atoms with Crippen molar-refractivity contribution in [2.45, 2.75) is 5.67 Å². The van der Waals surface area contributed by atoms with Crippen molar-refractivity contribution in [1.29, 1.82) is 0 Å². The molecule has 0 aromatic carbocycles. The van der Waals surface area contributed by atoms with E-state index in [0.29, 0.717) is 0 Å². The summed E-state index contributed by atoms with van der Waals surface area (Å²) in [4.78, 5) is 9.86. The minimum Gasteiger partial charge on any atom is -0.464 e. The standard InChI is InChI=1S/C9H8F4O3/c10-6-1-7(11)9(13,3-16-4-15)5(2-14)8(6)12/h1,4-5,14H,2-3H2. The summed E-state index contributed by atoms with van der Waals surface area (Å²) < 4.78 is 56.9. The lowest BCUT2D eigenvalue weighted by Crippen LogP contribution is -2.43. The smallest absolute Gasteiger partial charge is 0.293 e. The first kappa shape index (κ1) is 12.7. The van der Waals surface area contributed by atoms with E-state index in [2.05, 4.69) is 4.74 Å². The summed E-state index contributed by atoms with van der Waals surface area (Å²) >= 11 is 0. The SMILES string of the molecule is O=COCC1(F)C(F)=CC(F)=C(F)C1CO. The Bertz CT molecular complexity index is 353. The zero-order valence-electron chi connectivity index (χ0n) is 7.92. The van der Waals surface area contributed by atoms with Crippen molar-refractivity contribution >= 4 is 6.47 Å². The fourth-order valence-corrected chi connectivity index (χ4v) is 1.38. The van der Waals surface area contributed by atoms with Crippen LogP contribution in [0.5, 0.6) is 0 Å². The van der Waals surface area contributed by atoms with Crippen molar-refractivity contribution in [2.75, 3.05) is 13.2 Å². The van der Waals surface area contributed by atoms with Crippen molar-refractivity contribution < 1.29 is 32.2 Å². The number of halogens is 4. The van der Waals surface area contributed by atoms with Gasteiger partial charge in [0.25, 0.3) is 6.47 Å². The van der Waals surface area contributed by atoms with E-state index in [1.165, 1.54) is 0 Å². The average molecular weight is 240 g/mol. The topological polar surface area (TPSA) is 46.5 Å². The lowest BCUT2D eigenvalue weighted by molar-refractivity contribution is -0.134. The number of allylic oxidation sites excluding steroid dienone is 2. The first-order chi connectivity index (χ1) is 7.47. The maximum Gasteiger partial charge on any atom is 0.293 e. The molecule has 0 heterocycles. The van der Waals surface area contributed by atoms with Gasteiger partial charge in [0, 0.05) is 6.08 Å². The molecule has 0 aromatic heterocycles. The number of ether oxygens (including phenoxy) is 1. The van der Waals surface area contributed by atoms with E-state index in [-0.39, 0.29) is 12.5 Å². The van der Waals surface area contributed by atoms with Crippen LogP contribution in [0.1, 0.15) is 0 Å². The summed E-state index contributed by atoms with van der Waals surface area (Å²) in [5.41, 5.74) is -3.07. The van der Waals surface area contributed by atoms with Gasteiger partial charge in [-0.3, -0.25) is 4.79 Å². The quantitative estimate of drug-likeness (QED) is 0.598. The monoisotopic (exact) mass is 240 g/mol. The zero-order chi connectivity index (χ0) is 12.3. The molecule has 0 saturated heterocycles. The molecule has 0 amide bonds. The van der Waals surface area contributed by atoms with E-state index in [0.717, 1.165) is 0 Å². The molecule has 0 radical (unpaired) electrons. The number of hydrogen-bond donors (Lipinski definition) is 1. The molecule has 1 aliphatic rings. The maximum absolute atomic E-state index is 13.9. The van der Waals surface area contributed by atoms with Crippen LogP contribution in [0.3, 0.4) is 0 Å². The normalized spacial score (nSPS) is 30.1. The molecule has 2 atom stereocenters. The molecule has 0 spiro atoms. The molecule has 16 heavy (non-hydrogen) atoms. The minimum absolute atomic E-state index is 0.0235. The third-order valence-corrected chi connectivity index (χ3v) is 2.28. The zero-order valence-corrected chi connectivity index (χ0v) is 7.92. The summed E-state index contributed by atoms with van der Waals surface area (Å²) in [6, 6.07) is 0. The minimum atomic E-state index is -3.07. The second-order valence-corrected chi connectivity index (χ2v) is 3.19. The Morgan fingerprint density at radius 1 is 1.50 bits per heavy atom. The van der Waals surface area contributed by atoms with Gasteiger partial charge >= 0.3 is 0 Å². The number of rotatable bonds is 4. The summed E-state index contributed by atoms with van der Waals surface area (Å²) in [5, 5.41) is 8.71. The highest BCUT2D eigenvalue weighted by molar-refractivity contribution is 5.39. The molecule has 0 aromatic rings. The first-order valence-corrected chi connectivity index (χ1v) is 4.25. The Morgan fingerprint density at radius 3 is 2.62 bits per heavy atom. The molecule has 3 nitrogen and oxygen atoms in total. The van der Waals surface area contributed by atoms with Crippen molar-refractivity contribution in [1.82, 2.24) is 0 Å². The van der Waals surface area contributed by atoms with E-state index in [9.17, 15) is 22.4 Å². The predicted octanol–water partition coefficient (Wildman–Crippen LogP) is 1.49. The van der Waals surface area contributed by atoms with E-state index < -0.39 is 42.3 Å². The predicted molar refractivity (Wildman–Crippen MR) is 44.9 cm³/mol. The van der Waals surface area contributed by atoms with E-state index in [1.807, 2.05) is 0 Å². The molecular weight excluding hydrogens is 232 g/mol. The van der Waals surface area contributed by atoms with Crippen LogP contribution >= 0.6 is 0 Å². The Labute approximate surface area is 88.0 Å². The van der Waals surface area contributed by atoms with Crippen LogP contribution in [0.2, 0.25) is 0 Å². The van der Waals surface area contributed by atoms with Crippen molar-refractivity contribution in [2.24, 2.45) is 5.92 Å². The number of carbonyl (C=O) groups excluding carboxylic acids is 1. The van der Waals surface area contributed by atoms with Gasteiger partial charge in [-0.2, -0.15) is 0 Å². The van der Waals surface area contributed by atoms with Crippen LogP contribution in [0, 0.1) is 5.92 Å². The number of hydrogen-bond acceptors (Lipinski definition) is 3. The summed E-state index contributed by atoms with van der Waals surface area (Å²) in [6.07, 6.45) is 0.0235. The van der Waals surface area contributed by atoms with Crippen LogP contribution in [-0.2, 0) is 9.53 Å². The molecule has 0 aliphatic heterocycles. The van der Waals surface area contributed by atoms with E-state index in [1.54, 1.807) is 0 Å². The number of aliphatic hydroxyl groups excluding tert-OH is 1. The van der Waals surface area contributed by atoms with Crippen molar-refractivity contribution in [3.05, 3.63) is 23.6 Å². The fourth-order valence-electron chi connectivity index (χ4n) is 1.38. The van der Waals surface area contributed by atoms with Crippen LogP contribution in [-0.4, -0.2) is 30.5 Å². The number of carbonyl (C=O) groups is 1. The third-order valence-electron chi connectivity index (χ3n) is 2.28. The Hall–Kier alpha value is -1.37. The van der Waals surface area contributed by atoms with Crippen molar-refractivity contribution in [3.63, 3.8) is 0 Å². The van der Waals surface area contributed by atoms with Gasteiger partial charge in [-0.25, -0.2) is 17.6 Å². The van der Waals surface area contributed by atoms with Gasteiger partial charge in [-0.15, -0.1) is 0 Å². The molecule has 1 aliphatic carbocycles. The average Bonchev–Trinajstić information content (AvgIpc) is 2.25. The highest BCUT2D eigenvalue weighted by atomic mass is 19.2. The van der Waals surface area contributed by atoms with Crippen LogP contribution in [0.15, 0.2) is 23.6 Å². The molecular formula is C9H8F4O3. The first-order valence-electron chi connectivity index (χ1n) is 4.25. The second kappa shape index (κ2) is 4.65. The molecule has 0 saturated carbocycles.